The fraction of sp³-hybridized carbons (Fsp3) is 0.733. The van der Waals surface area contributed by atoms with E-state index in [-0.39, 0.29) is 0 Å². The fourth-order valence-electron chi connectivity index (χ4n) is 2.84. The quantitative estimate of drug-likeness (QED) is 0.762. The predicted octanol–water partition coefficient (Wildman–Crippen LogP) is 4.45. The molecule has 0 aliphatic heterocycles. The minimum atomic E-state index is 0.738. The first kappa shape index (κ1) is 14.4. The summed E-state index contributed by atoms with van der Waals surface area (Å²) in [4.78, 5) is 2.95. The Hall–Kier alpha value is -0.0500. The van der Waals surface area contributed by atoms with E-state index in [0.29, 0.717) is 0 Å². The molecule has 2 unspecified atom stereocenters. The summed E-state index contributed by atoms with van der Waals surface area (Å²) in [6, 6.07) is 4.51. The Morgan fingerprint density at radius 2 is 1.94 bits per heavy atom. The monoisotopic (exact) mass is 285 g/mol. The van der Waals surface area contributed by atoms with Crippen LogP contribution in [0, 0.1) is 11.8 Å². The zero-order valence-corrected chi connectivity index (χ0v) is 12.8. The first-order chi connectivity index (χ1) is 8.83. The van der Waals surface area contributed by atoms with Gasteiger partial charge in [-0.25, -0.2) is 0 Å². The first-order valence-electron chi connectivity index (χ1n) is 7.17. The highest BCUT2D eigenvalue weighted by Crippen LogP contribution is 2.30. The van der Waals surface area contributed by atoms with Crippen molar-refractivity contribution in [2.45, 2.75) is 45.6 Å². The van der Waals surface area contributed by atoms with Crippen molar-refractivity contribution >= 4 is 22.9 Å². The molecule has 1 N–H and O–H groups in total. The Kier molecular flexibility index (Phi) is 6.00. The van der Waals surface area contributed by atoms with Crippen LogP contribution in [0.3, 0.4) is 0 Å². The molecule has 1 heterocycles. The Labute approximate surface area is 120 Å². The molecule has 102 valence electrons. The smallest absolute Gasteiger partial charge is 0.0299 e. The van der Waals surface area contributed by atoms with Gasteiger partial charge in [0, 0.05) is 22.2 Å². The van der Waals surface area contributed by atoms with E-state index >= 15 is 0 Å². The third-order valence-electron chi connectivity index (χ3n) is 4.04. The van der Waals surface area contributed by atoms with Crippen LogP contribution in [0.2, 0.25) is 0 Å². The minimum absolute atomic E-state index is 0.738. The van der Waals surface area contributed by atoms with Crippen LogP contribution in [0.25, 0.3) is 0 Å². The predicted molar refractivity (Wildman–Crippen MR) is 81.6 cm³/mol. The van der Waals surface area contributed by atoms with Gasteiger partial charge in [0.15, 0.2) is 0 Å². The van der Waals surface area contributed by atoms with E-state index in [2.05, 4.69) is 24.4 Å². The average molecular weight is 286 g/mol. The van der Waals surface area contributed by atoms with Gasteiger partial charge < -0.3 is 5.32 Å². The van der Waals surface area contributed by atoms with E-state index in [4.69, 9.17) is 11.6 Å². The molecule has 0 spiro atoms. The van der Waals surface area contributed by atoms with Crippen LogP contribution in [-0.2, 0) is 13.0 Å². The molecule has 2 atom stereocenters. The Morgan fingerprint density at radius 1 is 1.22 bits per heavy atom. The molecule has 0 aromatic carbocycles. The third kappa shape index (κ3) is 3.97. The lowest BCUT2D eigenvalue weighted by molar-refractivity contribution is 0.251. The van der Waals surface area contributed by atoms with Gasteiger partial charge in [0.25, 0.3) is 0 Å². The van der Waals surface area contributed by atoms with E-state index in [1.54, 1.807) is 0 Å². The Balaban J connectivity index is 1.73. The molecule has 0 amide bonds. The van der Waals surface area contributed by atoms with Gasteiger partial charge in [-0.3, -0.25) is 0 Å². The summed E-state index contributed by atoms with van der Waals surface area (Å²) in [7, 11) is 0. The van der Waals surface area contributed by atoms with Crippen LogP contribution in [0.1, 0.15) is 42.4 Å². The van der Waals surface area contributed by atoms with Crippen molar-refractivity contribution in [3.63, 3.8) is 0 Å². The van der Waals surface area contributed by atoms with E-state index < -0.39 is 0 Å². The molecule has 1 aromatic rings. The van der Waals surface area contributed by atoms with E-state index in [0.717, 1.165) is 37.2 Å². The maximum Gasteiger partial charge on any atom is 0.0299 e. The van der Waals surface area contributed by atoms with Crippen molar-refractivity contribution in [1.29, 1.82) is 0 Å². The molecule has 1 aliphatic carbocycles. The Morgan fingerprint density at radius 3 is 2.61 bits per heavy atom. The van der Waals surface area contributed by atoms with E-state index in [1.807, 2.05) is 11.3 Å². The second-order valence-electron chi connectivity index (χ2n) is 5.31. The molecule has 1 nitrogen and oxygen atoms in total. The zero-order valence-electron chi connectivity index (χ0n) is 11.3. The number of aryl methyl sites for hydroxylation is 1. The highest BCUT2D eigenvalue weighted by Gasteiger charge is 2.23. The normalized spacial score (nSPS) is 24.3. The van der Waals surface area contributed by atoms with Gasteiger partial charge in [-0.15, -0.1) is 22.9 Å². The average Bonchev–Trinajstić information content (AvgIpc) is 2.87. The summed E-state index contributed by atoms with van der Waals surface area (Å²) in [6.07, 6.45) is 6.60. The van der Waals surface area contributed by atoms with Crippen LogP contribution in [-0.4, -0.2) is 12.4 Å². The number of rotatable bonds is 6. The number of halogens is 1. The van der Waals surface area contributed by atoms with Gasteiger partial charge in [0.05, 0.1) is 0 Å². The van der Waals surface area contributed by atoms with Crippen molar-refractivity contribution in [2.24, 2.45) is 11.8 Å². The van der Waals surface area contributed by atoms with Crippen LogP contribution in [0.5, 0.6) is 0 Å². The first-order valence-corrected chi connectivity index (χ1v) is 8.52. The van der Waals surface area contributed by atoms with E-state index in [1.165, 1.54) is 35.4 Å². The summed E-state index contributed by atoms with van der Waals surface area (Å²) in [5.41, 5.74) is 0. The fourth-order valence-corrected chi connectivity index (χ4v) is 4.18. The molecule has 1 aliphatic rings. The van der Waals surface area contributed by atoms with Gasteiger partial charge in [0.2, 0.25) is 0 Å². The van der Waals surface area contributed by atoms with Crippen LogP contribution in [0.4, 0.5) is 0 Å². The number of hydrogen-bond acceptors (Lipinski definition) is 2. The maximum atomic E-state index is 6.07. The topological polar surface area (TPSA) is 12.0 Å². The van der Waals surface area contributed by atoms with Crippen LogP contribution in [0.15, 0.2) is 12.1 Å². The van der Waals surface area contributed by atoms with Crippen molar-refractivity contribution in [2.75, 3.05) is 12.4 Å². The molecule has 0 saturated heterocycles. The van der Waals surface area contributed by atoms with Gasteiger partial charge in [0.1, 0.15) is 0 Å². The molecule has 0 bridgehead atoms. The second-order valence-corrected chi connectivity index (χ2v) is 6.87. The summed E-state index contributed by atoms with van der Waals surface area (Å²) < 4.78 is 0. The summed E-state index contributed by atoms with van der Waals surface area (Å²) in [6.45, 7) is 4.38. The van der Waals surface area contributed by atoms with Gasteiger partial charge >= 0.3 is 0 Å². The molecular weight excluding hydrogens is 262 g/mol. The maximum absolute atomic E-state index is 6.07. The number of hydrogen-bond donors (Lipinski definition) is 1. The van der Waals surface area contributed by atoms with Crippen LogP contribution >= 0.6 is 22.9 Å². The largest absolute Gasteiger partial charge is 0.312 e. The van der Waals surface area contributed by atoms with E-state index in [9.17, 15) is 0 Å². The molecule has 2 rings (SSSR count). The molecule has 1 aromatic heterocycles. The standard InChI is InChI=1S/C15H24ClNS/c1-2-14-7-8-15(18-14)11-17-10-13-6-4-3-5-12(13)9-16/h7-8,12-13,17H,2-6,9-11H2,1H3. The molecule has 1 saturated carbocycles. The van der Waals surface area contributed by atoms with Crippen molar-refractivity contribution in [3.8, 4) is 0 Å². The second kappa shape index (κ2) is 7.52. The summed E-state index contributed by atoms with van der Waals surface area (Å²) >= 11 is 8.00. The SMILES string of the molecule is CCc1ccc(CNCC2CCCCC2CCl)s1. The lowest BCUT2D eigenvalue weighted by Crippen LogP contribution is -2.31. The summed E-state index contributed by atoms with van der Waals surface area (Å²) in [5.74, 6) is 2.37. The molecule has 1 fully saturated rings. The highest BCUT2D eigenvalue weighted by molar-refractivity contribution is 7.11. The molecular formula is C15H24ClNS. The molecule has 3 heteroatoms. The highest BCUT2D eigenvalue weighted by atomic mass is 35.5. The van der Waals surface area contributed by atoms with Gasteiger partial charge in [-0.2, -0.15) is 0 Å². The van der Waals surface area contributed by atoms with Crippen molar-refractivity contribution in [1.82, 2.24) is 5.32 Å². The van der Waals surface area contributed by atoms with Gasteiger partial charge in [-0.1, -0.05) is 19.8 Å². The minimum Gasteiger partial charge on any atom is -0.312 e. The molecule has 0 radical (unpaired) electrons. The number of alkyl halides is 1. The van der Waals surface area contributed by atoms with Gasteiger partial charge in [-0.05, 0) is 49.8 Å². The molecule has 18 heavy (non-hydrogen) atoms. The summed E-state index contributed by atoms with van der Waals surface area (Å²) in [5, 5.41) is 3.62. The van der Waals surface area contributed by atoms with Crippen molar-refractivity contribution in [3.05, 3.63) is 21.9 Å². The Bertz CT molecular complexity index is 350. The number of nitrogens with one attached hydrogen (secondary N) is 1. The number of thiophene rings is 1. The van der Waals surface area contributed by atoms with Crippen molar-refractivity contribution < 1.29 is 0 Å². The van der Waals surface area contributed by atoms with Crippen LogP contribution < -0.4 is 5.32 Å². The zero-order chi connectivity index (χ0) is 12.8. The third-order valence-corrected chi connectivity index (χ3v) is 5.66. The lowest BCUT2D eigenvalue weighted by Gasteiger charge is -2.30. The lowest BCUT2D eigenvalue weighted by atomic mass is 9.80.